The number of hydrogen-bond acceptors (Lipinski definition) is 3. The van der Waals surface area contributed by atoms with Crippen LogP contribution < -0.4 is 4.90 Å². The van der Waals surface area contributed by atoms with Gasteiger partial charge in [0.05, 0.1) is 5.56 Å². The highest BCUT2D eigenvalue weighted by atomic mass is 35.5. The number of rotatable bonds is 5. The molecule has 1 saturated heterocycles. The van der Waals surface area contributed by atoms with Crippen molar-refractivity contribution in [2.24, 2.45) is 11.3 Å². The van der Waals surface area contributed by atoms with E-state index in [0.717, 1.165) is 30.0 Å². The van der Waals surface area contributed by atoms with E-state index in [-0.39, 0.29) is 18.3 Å². The fourth-order valence-corrected chi connectivity index (χ4v) is 6.71. The third-order valence-corrected chi connectivity index (χ3v) is 8.56. The van der Waals surface area contributed by atoms with Gasteiger partial charge in [0.2, 0.25) is 0 Å². The molecule has 3 nitrogen and oxygen atoms in total. The van der Waals surface area contributed by atoms with Gasteiger partial charge in [-0.15, -0.1) is 12.4 Å². The predicted octanol–water partition coefficient (Wildman–Crippen LogP) is 6.64. The topological polar surface area (TPSA) is 23.6 Å². The molecule has 0 N–H and O–H groups in total. The number of likely N-dealkylation sites (tertiary alicyclic amines) is 1. The van der Waals surface area contributed by atoms with Gasteiger partial charge in [0.1, 0.15) is 0 Å². The molecule has 2 aliphatic carbocycles. The van der Waals surface area contributed by atoms with Crippen molar-refractivity contribution >= 4 is 35.3 Å². The van der Waals surface area contributed by atoms with Crippen LogP contribution in [0.1, 0.15) is 68.1 Å². The van der Waals surface area contributed by atoms with Gasteiger partial charge in [-0.3, -0.25) is 4.79 Å². The van der Waals surface area contributed by atoms with Gasteiger partial charge in [-0.1, -0.05) is 37.5 Å². The van der Waals surface area contributed by atoms with Crippen molar-refractivity contribution in [2.75, 3.05) is 24.5 Å². The van der Waals surface area contributed by atoms with Crippen molar-refractivity contribution in [2.45, 2.75) is 63.8 Å². The highest BCUT2D eigenvalue weighted by Crippen LogP contribution is 2.52. The summed E-state index contributed by atoms with van der Waals surface area (Å²) in [6.07, 6.45) is 12.2. The number of benzene rings is 1. The van der Waals surface area contributed by atoms with E-state index in [4.69, 9.17) is 0 Å². The van der Waals surface area contributed by atoms with Gasteiger partial charge < -0.3 is 9.80 Å². The smallest absolute Gasteiger partial charge is 0.259 e. The van der Waals surface area contributed by atoms with Crippen molar-refractivity contribution in [3.8, 4) is 0 Å². The lowest BCUT2D eigenvalue weighted by Crippen LogP contribution is -2.57. The highest BCUT2D eigenvalue weighted by molar-refractivity contribution is 7.08. The lowest BCUT2D eigenvalue weighted by atomic mass is 9.59. The summed E-state index contributed by atoms with van der Waals surface area (Å²) in [6.45, 7) is 3.84. The maximum Gasteiger partial charge on any atom is 0.259 e. The van der Waals surface area contributed by atoms with Gasteiger partial charge in [0.25, 0.3) is 5.91 Å². The van der Waals surface area contributed by atoms with E-state index in [1.54, 1.807) is 11.3 Å². The SMILES string of the molecule is Cl.O=C(c1ccsc1)N(c1ccccc1)C1CC2(CCN(CC3CCCCC3)CC2)C1. The molecule has 1 amide bonds. The Morgan fingerprint density at radius 2 is 1.74 bits per heavy atom. The van der Waals surface area contributed by atoms with Crippen LogP contribution in [0.3, 0.4) is 0 Å². The molecule has 5 rings (SSSR count). The predicted molar refractivity (Wildman–Crippen MR) is 133 cm³/mol. The van der Waals surface area contributed by atoms with Crippen molar-refractivity contribution in [3.63, 3.8) is 0 Å². The van der Waals surface area contributed by atoms with Crippen LogP contribution in [0.15, 0.2) is 47.2 Å². The number of amides is 1. The van der Waals surface area contributed by atoms with E-state index in [2.05, 4.69) is 21.9 Å². The number of anilines is 1. The van der Waals surface area contributed by atoms with Crippen molar-refractivity contribution in [1.82, 2.24) is 4.90 Å². The lowest BCUT2D eigenvalue weighted by molar-refractivity contribution is 0.00912. The van der Waals surface area contributed by atoms with E-state index in [0.29, 0.717) is 11.5 Å². The fraction of sp³-hybridized carbons (Fsp3) is 0.577. The van der Waals surface area contributed by atoms with Gasteiger partial charge in [-0.2, -0.15) is 11.3 Å². The molecule has 1 aliphatic heterocycles. The molecule has 0 atom stereocenters. The van der Waals surface area contributed by atoms with Crippen LogP contribution in [0.2, 0.25) is 0 Å². The van der Waals surface area contributed by atoms with Gasteiger partial charge in [-0.25, -0.2) is 0 Å². The molecule has 3 fully saturated rings. The molecule has 5 heteroatoms. The number of nitrogens with zero attached hydrogens (tertiary/aromatic N) is 2. The van der Waals surface area contributed by atoms with Crippen LogP contribution in [0.5, 0.6) is 0 Å². The number of thiophene rings is 1. The Balaban J connectivity index is 0.00000231. The number of para-hydroxylation sites is 1. The quantitative estimate of drug-likeness (QED) is 0.501. The number of piperidine rings is 1. The van der Waals surface area contributed by atoms with E-state index in [1.807, 2.05) is 35.0 Å². The zero-order chi connectivity index (χ0) is 20.4. The molecule has 3 aliphatic rings. The molecular weight excluding hydrogens is 424 g/mol. The standard InChI is InChI=1S/C26H34N2OS.ClH/c29-25(22-11-16-30-20-22)28(23-9-5-2-6-10-23)24-17-26(18-24)12-14-27(15-13-26)19-21-7-3-1-4-8-21;/h2,5-6,9-11,16,20-21,24H,1,3-4,7-8,12-15,17-19H2;1H. The normalized spacial score (nSPS) is 21.9. The summed E-state index contributed by atoms with van der Waals surface area (Å²) in [5, 5.41) is 3.98. The molecular formula is C26H35ClN2OS. The largest absolute Gasteiger partial charge is 0.305 e. The minimum atomic E-state index is 0. The summed E-state index contributed by atoms with van der Waals surface area (Å²) in [6, 6.07) is 12.6. The van der Waals surface area contributed by atoms with Crippen LogP contribution in [-0.2, 0) is 0 Å². The molecule has 2 heterocycles. The van der Waals surface area contributed by atoms with Crippen LogP contribution in [0.4, 0.5) is 5.69 Å². The number of halogens is 1. The number of carbonyl (C=O) groups is 1. The molecule has 1 aromatic carbocycles. The Hall–Kier alpha value is -1.36. The Labute approximate surface area is 197 Å². The minimum Gasteiger partial charge on any atom is -0.305 e. The third kappa shape index (κ3) is 5.02. The van der Waals surface area contributed by atoms with E-state index < -0.39 is 0 Å². The minimum absolute atomic E-state index is 0. The maximum absolute atomic E-state index is 13.3. The van der Waals surface area contributed by atoms with Crippen molar-refractivity contribution < 1.29 is 4.79 Å². The first kappa shape index (κ1) is 22.8. The van der Waals surface area contributed by atoms with Crippen LogP contribution in [0.25, 0.3) is 0 Å². The first-order chi connectivity index (χ1) is 14.7. The van der Waals surface area contributed by atoms with Crippen molar-refractivity contribution in [3.05, 3.63) is 52.7 Å². The van der Waals surface area contributed by atoms with E-state index >= 15 is 0 Å². The van der Waals surface area contributed by atoms with Gasteiger partial charge in [-0.05, 0) is 86.5 Å². The molecule has 168 valence electrons. The van der Waals surface area contributed by atoms with Crippen LogP contribution >= 0.6 is 23.7 Å². The molecule has 1 spiro atoms. The monoisotopic (exact) mass is 458 g/mol. The molecule has 31 heavy (non-hydrogen) atoms. The summed E-state index contributed by atoms with van der Waals surface area (Å²) in [5.41, 5.74) is 2.34. The van der Waals surface area contributed by atoms with Gasteiger partial charge in [0, 0.05) is 23.7 Å². The molecule has 0 unspecified atom stereocenters. The Kier molecular flexibility index (Phi) is 7.40. The number of hydrogen-bond donors (Lipinski definition) is 0. The molecule has 0 bridgehead atoms. The van der Waals surface area contributed by atoms with Gasteiger partial charge in [0.15, 0.2) is 0 Å². The Morgan fingerprint density at radius 3 is 2.39 bits per heavy atom. The van der Waals surface area contributed by atoms with E-state index in [1.165, 1.54) is 64.6 Å². The van der Waals surface area contributed by atoms with Crippen LogP contribution in [-0.4, -0.2) is 36.5 Å². The lowest BCUT2D eigenvalue weighted by Gasteiger charge is -2.55. The second kappa shape index (κ2) is 10.1. The average Bonchev–Trinajstić information content (AvgIpc) is 3.30. The molecule has 2 saturated carbocycles. The first-order valence-electron chi connectivity index (χ1n) is 11.9. The maximum atomic E-state index is 13.3. The second-order valence-corrected chi connectivity index (χ2v) is 10.7. The summed E-state index contributed by atoms with van der Waals surface area (Å²) >= 11 is 1.60. The molecule has 0 radical (unpaired) electrons. The third-order valence-electron chi connectivity index (χ3n) is 7.88. The zero-order valence-electron chi connectivity index (χ0n) is 18.4. The molecule has 2 aromatic rings. The second-order valence-electron chi connectivity index (χ2n) is 9.89. The molecule has 1 aromatic heterocycles. The summed E-state index contributed by atoms with van der Waals surface area (Å²) in [7, 11) is 0. The van der Waals surface area contributed by atoms with Crippen LogP contribution in [0, 0.1) is 11.3 Å². The van der Waals surface area contributed by atoms with Gasteiger partial charge >= 0.3 is 0 Å². The number of carbonyl (C=O) groups excluding carboxylic acids is 1. The zero-order valence-corrected chi connectivity index (χ0v) is 20.0. The highest BCUT2D eigenvalue weighted by Gasteiger charge is 2.49. The first-order valence-corrected chi connectivity index (χ1v) is 12.8. The Bertz CT molecular complexity index is 818. The average molecular weight is 459 g/mol. The van der Waals surface area contributed by atoms with Crippen molar-refractivity contribution in [1.29, 1.82) is 0 Å². The summed E-state index contributed by atoms with van der Waals surface area (Å²) < 4.78 is 0. The summed E-state index contributed by atoms with van der Waals surface area (Å²) in [4.78, 5) is 18.1. The Morgan fingerprint density at radius 1 is 1.03 bits per heavy atom. The van der Waals surface area contributed by atoms with E-state index in [9.17, 15) is 4.79 Å². The fourth-order valence-electron chi connectivity index (χ4n) is 6.08. The summed E-state index contributed by atoms with van der Waals surface area (Å²) in [5.74, 6) is 1.11.